The van der Waals surface area contributed by atoms with Crippen molar-refractivity contribution in [2.45, 2.75) is 26.2 Å². The highest BCUT2D eigenvalue weighted by Gasteiger charge is 2.19. The molecule has 0 aromatic heterocycles. The maximum Gasteiger partial charge on any atom is 0.338 e. The van der Waals surface area contributed by atoms with Crippen LogP contribution < -0.4 is 4.74 Å². The molecule has 0 fully saturated rings. The zero-order chi connectivity index (χ0) is 15.7. The smallest absolute Gasteiger partial charge is 0.338 e. The number of carbonyl (C=O) groups is 1. The van der Waals surface area contributed by atoms with Crippen LogP contribution in [0.1, 0.15) is 24.5 Å². The van der Waals surface area contributed by atoms with Crippen molar-refractivity contribution >= 4 is 5.97 Å². The largest absolute Gasteiger partial charge is 0.423 e. The summed E-state index contributed by atoms with van der Waals surface area (Å²) < 4.78 is 19.0. The van der Waals surface area contributed by atoms with E-state index in [4.69, 9.17) is 4.74 Å². The number of halogens is 1. The Bertz CT molecular complexity index is 745. The van der Waals surface area contributed by atoms with Crippen LogP contribution in [0.2, 0.25) is 0 Å². The standard InChI is InChI=1S/C19H17FO2/c1-12(2)19(21)22-14-8-6-13(7-9-14)15-10-11-18(20)17-5-3-4-16(15)17/h6-11H,1,3-5H2,2H3. The first-order chi connectivity index (χ1) is 10.6. The SMILES string of the molecule is C=C(C)C(=O)Oc1ccc(-c2ccc(F)c3c2CCC3)cc1. The van der Waals surface area contributed by atoms with Gasteiger partial charge in [-0.05, 0) is 66.6 Å². The van der Waals surface area contributed by atoms with Gasteiger partial charge < -0.3 is 4.74 Å². The summed E-state index contributed by atoms with van der Waals surface area (Å²) in [5.41, 5.74) is 4.38. The third-order valence-corrected chi connectivity index (χ3v) is 3.95. The summed E-state index contributed by atoms with van der Waals surface area (Å²) in [6.07, 6.45) is 2.72. The van der Waals surface area contributed by atoms with Crippen molar-refractivity contribution in [1.29, 1.82) is 0 Å². The molecule has 22 heavy (non-hydrogen) atoms. The summed E-state index contributed by atoms with van der Waals surface area (Å²) in [7, 11) is 0. The van der Waals surface area contributed by atoms with E-state index < -0.39 is 5.97 Å². The number of rotatable bonds is 3. The van der Waals surface area contributed by atoms with Crippen LogP contribution in [0.15, 0.2) is 48.6 Å². The van der Waals surface area contributed by atoms with E-state index in [1.54, 1.807) is 19.1 Å². The van der Waals surface area contributed by atoms with E-state index in [9.17, 15) is 9.18 Å². The Morgan fingerprint density at radius 1 is 1.09 bits per heavy atom. The minimum atomic E-state index is -0.435. The predicted octanol–water partition coefficient (Wildman–Crippen LogP) is 4.46. The highest BCUT2D eigenvalue weighted by Crippen LogP contribution is 2.34. The van der Waals surface area contributed by atoms with Crippen molar-refractivity contribution in [3.05, 3.63) is 65.5 Å². The van der Waals surface area contributed by atoms with Crippen LogP contribution in [0.25, 0.3) is 11.1 Å². The fraction of sp³-hybridized carbons (Fsp3) is 0.211. The van der Waals surface area contributed by atoms with Crippen molar-refractivity contribution in [1.82, 2.24) is 0 Å². The fourth-order valence-electron chi connectivity index (χ4n) is 2.83. The van der Waals surface area contributed by atoms with Crippen LogP contribution in [0.3, 0.4) is 0 Å². The first-order valence-electron chi connectivity index (χ1n) is 7.34. The second kappa shape index (κ2) is 5.76. The molecule has 0 N–H and O–H groups in total. The van der Waals surface area contributed by atoms with Gasteiger partial charge in [-0.3, -0.25) is 0 Å². The van der Waals surface area contributed by atoms with Gasteiger partial charge in [0.25, 0.3) is 0 Å². The lowest BCUT2D eigenvalue weighted by molar-refractivity contribution is -0.130. The number of carbonyl (C=O) groups excluding carboxylic acids is 1. The van der Waals surface area contributed by atoms with Gasteiger partial charge in [0.1, 0.15) is 11.6 Å². The summed E-state index contributed by atoms with van der Waals surface area (Å²) in [4.78, 5) is 11.5. The average Bonchev–Trinajstić information content (AvgIpc) is 2.99. The Kier molecular flexibility index (Phi) is 3.80. The normalized spacial score (nSPS) is 12.8. The van der Waals surface area contributed by atoms with Crippen molar-refractivity contribution in [3.8, 4) is 16.9 Å². The Labute approximate surface area is 129 Å². The molecular formula is C19H17FO2. The molecule has 0 aliphatic heterocycles. The van der Waals surface area contributed by atoms with Gasteiger partial charge in [-0.2, -0.15) is 0 Å². The van der Waals surface area contributed by atoms with E-state index in [0.717, 1.165) is 41.5 Å². The number of hydrogen-bond donors (Lipinski definition) is 0. The molecule has 112 valence electrons. The number of benzene rings is 2. The molecule has 3 heteroatoms. The molecule has 0 heterocycles. The Balaban J connectivity index is 1.90. The number of fused-ring (bicyclic) bond motifs is 1. The van der Waals surface area contributed by atoms with Crippen LogP contribution in [0.4, 0.5) is 4.39 Å². The number of esters is 1. The van der Waals surface area contributed by atoms with Crippen molar-refractivity contribution < 1.29 is 13.9 Å². The fourth-order valence-corrected chi connectivity index (χ4v) is 2.83. The zero-order valence-electron chi connectivity index (χ0n) is 12.5. The molecule has 2 aromatic carbocycles. The van der Waals surface area contributed by atoms with Crippen LogP contribution in [0, 0.1) is 5.82 Å². The first-order valence-corrected chi connectivity index (χ1v) is 7.34. The summed E-state index contributed by atoms with van der Waals surface area (Å²) >= 11 is 0. The molecule has 0 saturated carbocycles. The van der Waals surface area contributed by atoms with Gasteiger partial charge >= 0.3 is 5.97 Å². The molecule has 1 aliphatic carbocycles. The third-order valence-electron chi connectivity index (χ3n) is 3.95. The van der Waals surface area contributed by atoms with Crippen LogP contribution in [0.5, 0.6) is 5.75 Å². The van der Waals surface area contributed by atoms with E-state index in [1.165, 1.54) is 6.07 Å². The first kappa shape index (κ1) is 14.5. The molecule has 2 nitrogen and oxygen atoms in total. The lowest BCUT2D eigenvalue weighted by atomic mass is 9.96. The predicted molar refractivity (Wildman–Crippen MR) is 84.3 cm³/mol. The third kappa shape index (κ3) is 2.67. The van der Waals surface area contributed by atoms with E-state index in [2.05, 4.69) is 6.58 Å². The van der Waals surface area contributed by atoms with Gasteiger partial charge in [0.2, 0.25) is 0 Å². The van der Waals surface area contributed by atoms with Crippen molar-refractivity contribution in [2.24, 2.45) is 0 Å². The van der Waals surface area contributed by atoms with E-state index in [-0.39, 0.29) is 5.82 Å². The lowest BCUT2D eigenvalue weighted by Crippen LogP contribution is -2.07. The summed E-state index contributed by atoms with van der Waals surface area (Å²) in [5, 5.41) is 0. The Hall–Kier alpha value is -2.42. The number of hydrogen-bond acceptors (Lipinski definition) is 2. The molecule has 0 atom stereocenters. The van der Waals surface area contributed by atoms with Crippen molar-refractivity contribution in [3.63, 3.8) is 0 Å². The highest BCUT2D eigenvalue weighted by atomic mass is 19.1. The van der Waals surface area contributed by atoms with Gasteiger partial charge in [-0.15, -0.1) is 0 Å². The maximum absolute atomic E-state index is 13.8. The zero-order valence-corrected chi connectivity index (χ0v) is 12.5. The minimum absolute atomic E-state index is 0.108. The molecule has 0 bridgehead atoms. The summed E-state index contributed by atoms with van der Waals surface area (Å²) in [5.74, 6) is -0.0609. The van der Waals surface area contributed by atoms with Gasteiger partial charge in [0.15, 0.2) is 0 Å². The molecule has 1 aliphatic rings. The second-order valence-electron chi connectivity index (χ2n) is 5.60. The van der Waals surface area contributed by atoms with Gasteiger partial charge in [-0.25, -0.2) is 9.18 Å². The molecule has 0 spiro atoms. The monoisotopic (exact) mass is 296 g/mol. The molecule has 3 rings (SSSR count). The van der Waals surface area contributed by atoms with Gasteiger partial charge in [0, 0.05) is 5.57 Å². The minimum Gasteiger partial charge on any atom is -0.423 e. The topological polar surface area (TPSA) is 26.3 Å². The molecule has 2 aromatic rings. The van der Waals surface area contributed by atoms with E-state index in [0.29, 0.717) is 11.3 Å². The van der Waals surface area contributed by atoms with E-state index >= 15 is 0 Å². The van der Waals surface area contributed by atoms with E-state index in [1.807, 2.05) is 18.2 Å². The molecule has 0 radical (unpaired) electrons. The summed E-state index contributed by atoms with van der Waals surface area (Å²) in [6, 6.07) is 10.7. The molecule has 0 saturated heterocycles. The molecular weight excluding hydrogens is 279 g/mol. The van der Waals surface area contributed by atoms with Crippen LogP contribution in [-0.4, -0.2) is 5.97 Å². The highest BCUT2D eigenvalue weighted by molar-refractivity contribution is 5.88. The second-order valence-corrected chi connectivity index (χ2v) is 5.60. The average molecular weight is 296 g/mol. The van der Waals surface area contributed by atoms with Crippen molar-refractivity contribution in [2.75, 3.05) is 0 Å². The number of ether oxygens (including phenoxy) is 1. The van der Waals surface area contributed by atoms with Gasteiger partial charge in [-0.1, -0.05) is 24.8 Å². The van der Waals surface area contributed by atoms with Gasteiger partial charge in [0.05, 0.1) is 0 Å². The molecule has 0 unspecified atom stereocenters. The maximum atomic E-state index is 13.8. The quantitative estimate of drug-likeness (QED) is 0.475. The summed E-state index contributed by atoms with van der Waals surface area (Å²) in [6.45, 7) is 5.16. The molecule has 0 amide bonds. The van der Waals surface area contributed by atoms with Crippen LogP contribution >= 0.6 is 0 Å². The van der Waals surface area contributed by atoms with Crippen LogP contribution in [-0.2, 0) is 17.6 Å². The Morgan fingerprint density at radius 2 is 1.77 bits per heavy atom. The Morgan fingerprint density at radius 3 is 2.45 bits per heavy atom. The lowest BCUT2D eigenvalue weighted by Gasteiger charge is -2.10.